The maximum absolute atomic E-state index is 14.3. The molecule has 1 aromatic rings. The second-order valence-electron chi connectivity index (χ2n) is 4.52. The lowest BCUT2D eigenvalue weighted by atomic mass is 10.2. The van der Waals surface area contributed by atoms with Crippen molar-refractivity contribution >= 4 is 21.6 Å². The van der Waals surface area contributed by atoms with E-state index in [1.165, 1.54) is 13.1 Å². The number of halogens is 2. The van der Waals surface area contributed by atoms with E-state index in [1.807, 2.05) is 0 Å². The lowest BCUT2D eigenvalue weighted by molar-refractivity contribution is 0.406. The number of hydrogen-bond donors (Lipinski definition) is 1. The number of nitrogens with zero attached hydrogens (tertiary/aromatic N) is 1. The number of sulfonamides is 1. The van der Waals surface area contributed by atoms with E-state index in [2.05, 4.69) is 5.32 Å². The van der Waals surface area contributed by atoms with Gasteiger partial charge in [-0.15, -0.1) is 0 Å². The maximum atomic E-state index is 14.3. The molecule has 0 fully saturated rings. The van der Waals surface area contributed by atoms with Crippen LogP contribution in [0.5, 0.6) is 0 Å². The zero-order chi connectivity index (χ0) is 14.8. The zero-order valence-electron chi connectivity index (χ0n) is 11.4. The molecule has 0 unspecified atom stereocenters. The Kier molecular flexibility index (Phi) is 5.32. The molecule has 0 aliphatic carbocycles. The Morgan fingerprint density at radius 3 is 2.47 bits per heavy atom. The summed E-state index contributed by atoms with van der Waals surface area (Å²) in [6, 6.07) is 2.29. The quantitative estimate of drug-likeness (QED) is 0.907. The monoisotopic (exact) mass is 308 g/mol. The molecule has 1 rings (SSSR count). The summed E-state index contributed by atoms with van der Waals surface area (Å²) in [6.45, 7) is 3.64. The molecule has 0 bridgehead atoms. The molecule has 108 valence electrons. The standard InChI is InChI=1S/C12H18ClFN2O2S/c1-8(2)16(4)19(17,18)11-6-10(13)5-9(7-15-3)12(11)14/h5-6,8,15H,7H2,1-4H3. The predicted octanol–water partition coefficient (Wildman–Crippen LogP) is 2.23. The highest BCUT2D eigenvalue weighted by atomic mass is 35.5. The summed E-state index contributed by atoms with van der Waals surface area (Å²) in [6.07, 6.45) is 0. The Balaban J connectivity index is 3.42. The van der Waals surface area contributed by atoms with Crippen molar-refractivity contribution < 1.29 is 12.8 Å². The summed E-state index contributed by atoms with van der Waals surface area (Å²) in [5, 5.41) is 2.97. The van der Waals surface area contributed by atoms with Gasteiger partial charge in [-0.3, -0.25) is 0 Å². The van der Waals surface area contributed by atoms with Crippen LogP contribution in [0.2, 0.25) is 5.02 Å². The molecule has 7 heteroatoms. The van der Waals surface area contributed by atoms with Crippen LogP contribution >= 0.6 is 11.6 Å². The molecule has 0 heterocycles. The molecule has 0 spiro atoms. The highest BCUT2D eigenvalue weighted by Gasteiger charge is 2.28. The van der Waals surface area contributed by atoms with Crippen molar-refractivity contribution in [3.63, 3.8) is 0 Å². The molecule has 0 aromatic heterocycles. The third kappa shape index (κ3) is 3.45. The molecule has 0 radical (unpaired) electrons. The average Bonchev–Trinajstić information content (AvgIpc) is 2.32. The zero-order valence-corrected chi connectivity index (χ0v) is 12.9. The van der Waals surface area contributed by atoms with Crippen LogP contribution in [-0.2, 0) is 16.6 Å². The Morgan fingerprint density at radius 2 is 2.00 bits per heavy atom. The first-order chi connectivity index (χ1) is 8.71. The van der Waals surface area contributed by atoms with Crippen LogP contribution in [0.3, 0.4) is 0 Å². The van der Waals surface area contributed by atoms with Gasteiger partial charge in [-0.05, 0) is 33.0 Å². The lowest BCUT2D eigenvalue weighted by Crippen LogP contribution is -2.33. The fourth-order valence-electron chi connectivity index (χ4n) is 1.56. The average molecular weight is 309 g/mol. The summed E-state index contributed by atoms with van der Waals surface area (Å²) < 4.78 is 40.0. The van der Waals surface area contributed by atoms with Crippen LogP contribution in [-0.4, -0.2) is 32.9 Å². The molecular formula is C12H18ClFN2O2S. The van der Waals surface area contributed by atoms with Crippen molar-refractivity contribution in [3.8, 4) is 0 Å². The van der Waals surface area contributed by atoms with E-state index in [4.69, 9.17) is 11.6 Å². The molecule has 0 aliphatic rings. The normalized spacial score (nSPS) is 12.4. The van der Waals surface area contributed by atoms with Crippen LogP contribution in [0.15, 0.2) is 17.0 Å². The van der Waals surface area contributed by atoms with Gasteiger partial charge in [-0.25, -0.2) is 12.8 Å². The first-order valence-corrected chi connectivity index (χ1v) is 7.64. The Morgan fingerprint density at radius 1 is 1.42 bits per heavy atom. The third-order valence-corrected chi connectivity index (χ3v) is 5.08. The van der Waals surface area contributed by atoms with E-state index in [0.29, 0.717) is 0 Å². The van der Waals surface area contributed by atoms with Crippen molar-refractivity contribution in [1.29, 1.82) is 0 Å². The highest BCUT2D eigenvalue weighted by Crippen LogP contribution is 2.26. The number of nitrogens with one attached hydrogen (secondary N) is 1. The second-order valence-corrected chi connectivity index (χ2v) is 6.92. The van der Waals surface area contributed by atoms with Gasteiger partial charge in [0.1, 0.15) is 10.7 Å². The predicted molar refractivity (Wildman–Crippen MR) is 74.3 cm³/mol. The summed E-state index contributed by atoms with van der Waals surface area (Å²) in [5.74, 6) is -0.758. The van der Waals surface area contributed by atoms with E-state index in [0.717, 1.165) is 10.4 Å². The Hall–Kier alpha value is -0.690. The Bertz CT molecular complexity index is 561. The van der Waals surface area contributed by atoms with E-state index in [1.54, 1.807) is 20.9 Å². The summed E-state index contributed by atoms with van der Waals surface area (Å²) in [5.41, 5.74) is 0.228. The minimum absolute atomic E-state index is 0.197. The van der Waals surface area contributed by atoms with Gasteiger partial charge in [0.2, 0.25) is 10.0 Å². The molecule has 0 aliphatic heterocycles. The van der Waals surface area contributed by atoms with Gasteiger partial charge in [0, 0.05) is 30.2 Å². The summed E-state index contributed by atoms with van der Waals surface area (Å²) in [7, 11) is -0.824. The molecule has 0 saturated carbocycles. The minimum atomic E-state index is -3.89. The van der Waals surface area contributed by atoms with Crippen molar-refractivity contribution in [2.24, 2.45) is 0 Å². The van der Waals surface area contributed by atoms with Crippen LogP contribution in [0.25, 0.3) is 0 Å². The van der Waals surface area contributed by atoms with Crippen molar-refractivity contribution in [2.45, 2.75) is 31.3 Å². The Labute approximate surface area is 118 Å². The van der Waals surface area contributed by atoms with E-state index in [-0.39, 0.29) is 28.1 Å². The largest absolute Gasteiger partial charge is 0.316 e. The van der Waals surface area contributed by atoms with Crippen molar-refractivity contribution in [1.82, 2.24) is 9.62 Å². The van der Waals surface area contributed by atoms with E-state index < -0.39 is 15.8 Å². The molecule has 1 N–H and O–H groups in total. The fourth-order valence-corrected chi connectivity index (χ4v) is 3.36. The number of rotatable bonds is 5. The number of hydrogen-bond acceptors (Lipinski definition) is 3. The van der Waals surface area contributed by atoms with Gasteiger partial charge in [0.25, 0.3) is 0 Å². The topological polar surface area (TPSA) is 49.4 Å². The highest BCUT2D eigenvalue weighted by molar-refractivity contribution is 7.89. The minimum Gasteiger partial charge on any atom is -0.316 e. The molecule has 0 atom stereocenters. The molecule has 19 heavy (non-hydrogen) atoms. The molecule has 4 nitrogen and oxygen atoms in total. The molecule has 0 saturated heterocycles. The van der Waals surface area contributed by atoms with Crippen LogP contribution < -0.4 is 5.32 Å². The van der Waals surface area contributed by atoms with Gasteiger partial charge < -0.3 is 5.32 Å². The maximum Gasteiger partial charge on any atom is 0.246 e. The first-order valence-electron chi connectivity index (χ1n) is 5.82. The van der Waals surface area contributed by atoms with Gasteiger partial charge in [0.05, 0.1) is 0 Å². The molecular weight excluding hydrogens is 291 g/mol. The van der Waals surface area contributed by atoms with E-state index in [9.17, 15) is 12.8 Å². The van der Waals surface area contributed by atoms with E-state index >= 15 is 0 Å². The first kappa shape index (κ1) is 16.4. The van der Waals surface area contributed by atoms with Crippen LogP contribution in [0.4, 0.5) is 4.39 Å². The van der Waals surface area contributed by atoms with Crippen LogP contribution in [0, 0.1) is 5.82 Å². The number of benzene rings is 1. The second kappa shape index (κ2) is 6.17. The van der Waals surface area contributed by atoms with Gasteiger partial charge >= 0.3 is 0 Å². The summed E-state index contributed by atoms with van der Waals surface area (Å²) >= 11 is 5.87. The molecule has 0 amide bonds. The molecule has 1 aromatic carbocycles. The van der Waals surface area contributed by atoms with Gasteiger partial charge in [-0.2, -0.15) is 4.31 Å². The SMILES string of the molecule is CNCc1cc(Cl)cc(S(=O)(=O)N(C)C(C)C)c1F. The van der Waals surface area contributed by atoms with Crippen LogP contribution in [0.1, 0.15) is 19.4 Å². The summed E-state index contributed by atoms with van der Waals surface area (Å²) in [4.78, 5) is -0.388. The van der Waals surface area contributed by atoms with Crippen molar-refractivity contribution in [2.75, 3.05) is 14.1 Å². The fraction of sp³-hybridized carbons (Fsp3) is 0.500. The lowest BCUT2D eigenvalue weighted by Gasteiger charge is -2.22. The van der Waals surface area contributed by atoms with Gasteiger partial charge in [0.15, 0.2) is 0 Å². The third-order valence-electron chi connectivity index (χ3n) is 2.83. The van der Waals surface area contributed by atoms with Crippen molar-refractivity contribution in [3.05, 3.63) is 28.5 Å². The smallest absolute Gasteiger partial charge is 0.246 e. The van der Waals surface area contributed by atoms with Gasteiger partial charge in [-0.1, -0.05) is 11.6 Å².